The molecule has 8 heteroatoms. The third-order valence-electron chi connectivity index (χ3n) is 2.36. The lowest BCUT2D eigenvalue weighted by Crippen LogP contribution is -2.19. The number of benzene rings is 1. The van der Waals surface area contributed by atoms with Crippen LogP contribution < -0.4 is 10.1 Å². The molecule has 0 aliphatic carbocycles. The first-order valence-corrected chi connectivity index (χ1v) is 6.72. The van der Waals surface area contributed by atoms with Crippen molar-refractivity contribution in [3.05, 3.63) is 52.9 Å². The normalized spacial score (nSPS) is 11.6. The fraction of sp³-hybridized carbons (Fsp3) is 0.0714. The highest BCUT2D eigenvalue weighted by atomic mass is 79.9. The van der Waals surface area contributed by atoms with Crippen molar-refractivity contribution in [2.24, 2.45) is 0 Å². The van der Waals surface area contributed by atoms with Gasteiger partial charge in [-0.2, -0.15) is 0 Å². The third kappa shape index (κ3) is 4.96. The van der Waals surface area contributed by atoms with Gasteiger partial charge in [0, 0.05) is 6.08 Å². The second kappa shape index (κ2) is 6.69. The van der Waals surface area contributed by atoms with E-state index in [1.165, 1.54) is 24.3 Å². The van der Waals surface area contributed by atoms with E-state index in [9.17, 15) is 18.0 Å². The molecule has 0 saturated heterocycles. The van der Waals surface area contributed by atoms with Gasteiger partial charge in [-0.15, -0.1) is 13.2 Å². The van der Waals surface area contributed by atoms with Gasteiger partial charge in [0.2, 0.25) is 5.91 Å². The first-order valence-electron chi connectivity index (χ1n) is 5.93. The Balaban J connectivity index is 2.07. The van der Waals surface area contributed by atoms with Crippen LogP contribution in [0, 0.1) is 0 Å². The minimum absolute atomic E-state index is 0.0879. The number of para-hydroxylation sites is 2. The van der Waals surface area contributed by atoms with E-state index in [0.717, 1.165) is 12.1 Å². The molecule has 116 valence electrons. The van der Waals surface area contributed by atoms with Crippen molar-refractivity contribution in [3.63, 3.8) is 0 Å². The van der Waals surface area contributed by atoms with Crippen LogP contribution in [0.15, 0.2) is 51.6 Å². The lowest BCUT2D eigenvalue weighted by molar-refractivity contribution is -0.274. The van der Waals surface area contributed by atoms with Crippen LogP contribution in [0.5, 0.6) is 5.75 Å². The number of ether oxygens (including phenoxy) is 1. The van der Waals surface area contributed by atoms with Crippen molar-refractivity contribution >= 4 is 33.6 Å². The van der Waals surface area contributed by atoms with E-state index in [4.69, 9.17) is 4.42 Å². The number of furan rings is 1. The molecule has 1 N–H and O–H groups in total. The molecule has 0 saturated carbocycles. The number of rotatable bonds is 4. The topological polar surface area (TPSA) is 51.5 Å². The lowest BCUT2D eigenvalue weighted by Gasteiger charge is -2.12. The molecule has 0 atom stereocenters. The fourth-order valence-corrected chi connectivity index (χ4v) is 1.85. The van der Waals surface area contributed by atoms with Crippen molar-refractivity contribution in [1.82, 2.24) is 0 Å². The predicted molar refractivity (Wildman–Crippen MR) is 77.2 cm³/mol. The predicted octanol–water partition coefficient (Wildman–Crippen LogP) is 4.59. The molecule has 1 heterocycles. The van der Waals surface area contributed by atoms with Crippen LogP contribution in [0.4, 0.5) is 18.9 Å². The van der Waals surface area contributed by atoms with Gasteiger partial charge < -0.3 is 14.5 Å². The number of amides is 1. The first kappa shape index (κ1) is 16.2. The Labute approximate surface area is 131 Å². The number of nitrogens with one attached hydrogen (secondary N) is 1. The van der Waals surface area contributed by atoms with Gasteiger partial charge in [-0.3, -0.25) is 4.79 Å². The van der Waals surface area contributed by atoms with Gasteiger partial charge >= 0.3 is 6.36 Å². The molecule has 4 nitrogen and oxygen atoms in total. The maximum absolute atomic E-state index is 12.3. The minimum Gasteiger partial charge on any atom is -0.450 e. The van der Waals surface area contributed by atoms with Crippen molar-refractivity contribution in [1.29, 1.82) is 0 Å². The summed E-state index contributed by atoms with van der Waals surface area (Å²) < 4.78 is 46.3. The molecule has 0 spiro atoms. The highest BCUT2D eigenvalue weighted by Crippen LogP contribution is 2.29. The summed E-state index contributed by atoms with van der Waals surface area (Å²) in [6.45, 7) is 0. The average Bonchev–Trinajstić information content (AvgIpc) is 2.83. The molecular formula is C14H9BrF3NO3. The number of hydrogen-bond acceptors (Lipinski definition) is 3. The van der Waals surface area contributed by atoms with E-state index in [-0.39, 0.29) is 5.69 Å². The second-order valence-electron chi connectivity index (χ2n) is 4.01. The molecule has 1 amide bonds. The van der Waals surface area contributed by atoms with E-state index in [1.807, 2.05) is 0 Å². The molecule has 0 radical (unpaired) electrons. The van der Waals surface area contributed by atoms with Crippen molar-refractivity contribution in [3.8, 4) is 5.75 Å². The highest BCUT2D eigenvalue weighted by Gasteiger charge is 2.32. The van der Waals surface area contributed by atoms with E-state index in [1.54, 1.807) is 12.1 Å². The quantitative estimate of drug-likeness (QED) is 0.794. The van der Waals surface area contributed by atoms with Gasteiger partial charge in [0.25, 0.3) is 0 Å². The van der Waals surface area contributed by atoms with Gasteiger partial charge in [0.15, 0.2) is 10.4 Å². The molecule has 1 aromatic heterocycles. The summed E-state index contributed by atoms with van der Waals surface area (Å²) in [4.78, 5) is 11.7. The molecule has 0 aliphatic rings. The number of carbonyl (C=O) groups excluding carboxylic acids is 1. The van der Waals surface area contributed by atoms with Crippen LogP contribution in [-0.4, -0.2) is 12.3 Å². The van der Waals surface area contributed by atoms with E-state index >= 15 is 0 Å². The van der Waals surface area contributed by atoms with Crippen LogP contribution in [0.3, 0.4) is 0 Å². The Hall–Kier alpha value is -2.22. The summed E-state index contributed by atoms with van der Waals surface area (Å²) in [5.74, 6) is -0.690. The van der Waals surface area contributed by atoms with Gasteiger partial charge in [0.1, 0.15) is 5.76 Å². The van der Waals surface area contributed by atoms with Gasteiger partial charge in [-0.25, -0.2) is 0 Å². The molecule has 2 rings (SSSR count). The molecule has 0 fully saturated rings. The van der Waals surface area contributed by atoms with E-state index in [2.05, 4.69) is 26.0 Å². The summed E-state index contributed by atoms with van der Waals surface area (Å²) in [5.41, 5.74) is -0.0879. The lowest BCUT2D eigenvalue weighted by atomic mass is 10.3. The third-order valence-corrected chi connectivity index (χ3v) is 2.79. The molecule has 22 heavy (non-hydrogen) atoms. The van der Waals surface area contributed by atoms with Crippen LogP contribution >= 0.6 is 15.9 Å². The van der Waals surface area contributed by atoms with Crippen molar-refractivity contribution < 1.29 is 27.1 Å². The zero-order chi connectivity index (χ0) is 16.2. The standard InChI is InChI=1S/C14H9BrF3NO3/c15-12-7-5-9(21-12)6-8-13(20)19-10-3-1-2-4-11(10)22-14(16,17)18/h1-8H,(H,19,20)/b8-6+. The second-order valence-corrected chi connectivity index (χ2v) is 4.79. The zero-order valence-electron chi connectivity index (χ0n) is 10.9. The number of alkyl halides is 3. The van der Waals surface area contributed by atoms with Crippen LogP contribution in [0.2, 0.25) is 0 Å². The summed E-state index contributed by atoms with van der Waals surface area (Å²) in [6.07, 6.45) is -2.32. The van der Waals surface area contributed by atoms with E-state index in [0.29, 0.717) is 10.4 Å². The van der Waals surface area contributed by atoms with Gasteiger partial charge in [0.05, 0.1) is 5.69 Å². The van der Waals surface area contributed by atoms with Gasteiger partial charge in [-0.05, 0) is 46.3 Å². The summed E-state index contributed by atoms with van der Waals surface area (Å²) in [7, 11) is 0. The Morgan fingerprint density at radius 1 is 1.23 bits per heavy atom. The molecule has 1 aromatic carbocycles. The van der Waals surface area contributed by atoms with Gasteiger partial charge in [-0.1, -0.05) is 12.1 Å². The summed E-state index contributed by atoms with van der Waals surface area (Å²) in [5, 5.41) is 2.31. The van der Waals surface area contributed by atoms with Crippen LogP contribution in [0.1, 0.15) is 5.76 Å². The Bertz CT molecular complexity index is 695. The Morgan fingerprint density at radius 3 is 2.59 bits per heavy atom. The number of carbonyl (C=O) groups is 1. The molecule has 2 aromatic rings. The number of hydrogen-bond donors (Lipinski definition) is 1. The maximum Gasteiger partial charge on any atom is 0.573 e. The summed E-state index contributed by atoms with van der Waals surface area (Å²) >= 11 is 3.11. The smallest absolute Gasteiger partial charge is 0.450 e. The minimum atomic E-state index is -4.84. The highest BCUT2D eigenvalue weighted by molar-refractivity contribution is 9.10. The average molecular weight is 376 g/mol. The van der Waals surface area contributed by atoms with E-state index < -0.39 is 18.0 Å². The largest absolute Gasteiger partial charge is 0.573 e. The first-order chi connectivity index (χ1) is 10.3. The SMILES string of the molecule is O=C(/C=C/c1ccc(Br)o1)Nc1ccccc1OC(F)(F)F. The summed E-state index contributed by atoms with van der Waals surface area (Å²) in [6, 6.07) is 8.52. The van der Waals surface area contributed by atoms with Crippen LogP contribution in [0.25, 0.3) is 6.08 Å². The molecule has 0 unspecified atom stereocenters. The maximum atomic E-state index is 12.3. The fourth-order valence-electron chi connectivity index (χ4n) is 1.53. The molecule has 0 bridgehead atoms. The number of halogens is 4. The number of anilines is 1. The van der Waals surface area contributed by atoms with Crippen molar-refractivity contribution in [2.75, 3.05) is 5.32 Å². The molecular weight excluding hydrogens is 367 g/mol. The monoisotopic (exact) mass is 375 g/mol. The molecule has 0 aliphatic heterocycles. The zero-order valence-corrected chi connectivity index (χ0v) is 12.4. The Morgan fingerprint density at radius 2 is 1.95 bits per heavy atom. The van der Waals surface area contributed by atoms with Crippen LogP contribution in [-0.2, 0) is 4.79 Å². The van der Waals surface area contributed by atoms with Crippen molar-refractivity contribution in [2.45, 2.75) is 6.36 Å². The Kier molecular flexibility index (Phi) is 4.92.